The summed E-state index contributed by atoms with van der Waals surface area (Å²) in [4.78, 5) is 9.89. The van der Waals surface area contributed by atoms with E-state index in [1.807, 2.05) is 0 Å². The number of aromatic nitrogens is 2. The van der Waals surface area contributed by atoms with Gasteiger partial charge in [-0.2, -0.15) is 11.8 Å². The van der Waals surface area contributed by atoms with Crippen LogP contribution >= 0.6 is 11.8 Å². The van der Waals surface area contributed by atoms with Crippen molar-refractivity contribution < 1.29 is 13.6 Å². The molecule has 0 bridgehead atoms. The fraction of sp³-hybridized carbons (Fsp3) is 0.500. The number of hydrogen-bond donors (Lipinski definition) is 2. The zero-order valence-corrected chi connectivity index (χ0v) is 12.4. The highest BCUT2D eigenvalue weighted by atomic mass is 32.2. The Bertz CT molecular complexity index is 602. The van der Waals surface area contributed by atoms with Crippen LogP contribution in [0.3, 0.4) is 0 Å². The quantitative estimate of drug-likeness (QED) is 0.331. The molecule has 1 aliphatic heterocycles. The van der Waals surface area contributed by atoms with Gasteiger partial charge in [0.2, 0.25) is 0 Å². The van der Waals surface area contributed by atoms with E-state index < -0.39 is 15.2 Å². The summed E-state index contributed by atoms with van der Waals surface area (Å²) in [6.45, 7) is 0.583. The highest BCUT2D eigenvalue weighted by Crippen LogP contribution is 2.24. The zero-order valence-electron chi connectivity index (χ0n) is 10.8. The molecule has 0 aromatic carbocycles. The number of sulfone groups is 1. The van der Waals surface area contributed by atoms with E-state index in [1.165, 1.54) is 18.6 Å². The molecule has 3 N–H and O–H groups in total. The Hall–Kier alpha value is -1.55. The first-order valence-corrected chi connectivity index (χ1v) is 8.87. The standard InChI is InChI=1S/C10H15N5O3S2/c1-20(17,18)9-6-19-3-2-15(9)8-5-12-7(4-13-8)10(11)14-16/h4-5,9,16H,2-3,6H2,1H3,(H2,11,14). The van der Waals surface area contributed by atoms with Crippen molar-refractivity contribution in [1.82, 2.24) is 9.97 Å². The molecule has 10 heteroatoms. The van der Waals surface area contributed by atoms with E-state index in [2.05, 4.69) is 15.1 Å². The average molecular weight is 317 g/mol. The predicted octanol–water partition coefficient (Wildman–Crippen LogP) is -0.505. The van der Waals surface area contributed by atoms with Crippen LogP contribution in [0.1, 0.15) is 5.69 Å². The molecule has 0 spiro atoms. The Balaban J connectivity index is 2.29. The molecule has 0 saturated carbocycles. The van der Waals surface area contributed by atoms with Crippen molar-refractivity contribution in [2.45, 2.75) is 5.37 Å². The van der Waals surface area contributed by atoms with Gasteiger partial charge in [-0.25, -0.2) is 18.4 Å². The van der Waals surface area contributed by atoms with Crippen LogP contribution in [-0.2, 0) is 9.84 Å². The first-order chi connectivity index (χ1) is 9.43. The van der Waals surface area contributed by atoms with Crippen LogP contribution < -0.4 is 10.6 Å². The van der Waals surface area contributed by atoms with Crippen molar-refractivity contribution in [1.29, 1.82) is 0 Å². The van der Waals surface area contributed by atoms with Crippen LogP contribution in [0.25, 0.3) is 0 Å². The summed E-state index contributed by atoms with van der Waals surface area (Å²) >= 11 is 1.60. The lowest BCUT2D eigenvalue weighted by atomic mass is 10.4. The van der Waals surface area contributed by atoms with E-state index in [0.717, 1.165) is 5.75 Å². The minimum Gasteiger partial charge on any atom is -0.409 e. The molecule has 0 aliphatic carbocycles. The maximum absolute atomic E-state index is 11.8. The summed E-state index contributed by atoms with van der Waals surface area (Å²) in [5.74, 6) is 1.66. The van der Waals surface area contributed by atoms with Gasteiger partial charge >= 0.3 is 0 Å². The number of oxime groups is 1. The van der Waals surface area contributed by atoms with Crippen LogP contribution in [0.2, 0.25) is 0 Å². The maximum Gasteiger partial charge on any atom is 0.190 e. The number of nitrogens with two attached hydrogens (primary N) is 1. The van der Waals surface area contributed by atoms with Gasteiger partial charge in [-0.05, 0) is 0 Å². The summed E-state index contributed by atoms with van der Waals surface area (Å²) in [7, 11) is -3.21. The van der Waals surface area contributed by atoms with E-state index in [0.29, 0.717) is 18.1 Å². The van der Waals surface area contributed by atoms with Gasteiger partial charge in [0, 0.05) is 24.3 Å². The van der Waals surface area contributed by atoms with Gasteiger partial charge in [0.05, 0.1) is 12.4 Å². The lowest BCUT2D eigenvalue weighted by Gasteiger charge is -2.34. The summed E-state index contributed by atoms with van der Waals surface area (Å²) in [6, 6.07) is 0. The minimum atomic E-state index is -3.21. The van der Waals surface area contributed by atoms with E-state index in [1.54, 1.807) is 16.7 Å². The van der Waals surface area contributed by atoms with Crippen LogP contribution in [0.5, 0.6) is 0 Å². The molecule has 0 radical (unpaired) electrons. The number of amidine groups is 1. The number of hydrogen-bond acceptors (Lipinski definition) is 8. The highest BCUT2D eigenvalue weighted by molar-refractivity contribution is 8.01. The molecule has 0 amide bonds. The number of rotatable bonds is 3. The molecule has 1 saturated heterocycles. The molecule has 1 aromatic heterocycles. The molecule has 110 valence electrons. The fourth-order valence-electron chi connectivity index (χ4n) is 1.85. The van der Waals surface area contributed by atoms with Crippen LogP contribution in [0.4, 0.5) is 5.82 Å². The number of thioether (sulfide) groups is 1. The molecular weight excluding hydrogens is 302 g/mol. The maximum atomic E-state index is 11.8. The fourth-order valence-corrected chi connectivity index (χ4v) is 4.68. The Morgan fingerprint density at radius 1 is 1.55 bits per heavy atom. The lowest BCUT2D eigenvalue weighted by molar-refractivity contribution is 0.318. The number of anilines is 1. The van der Waals surface area contributed by atoms with Gasteiger partial charge in [0.15, 0.2) is 15.7 Å². The first kappa shape index (κ1) is 14.9. The van der Waals surface area contributed by atoms with E-state index in [4.69, 9.17) is 10.9 Å². The van der Waals surface area contributed by atoms with E-state index in [-0.39, 0.29) is 11.5 Å². The van der Waals surface area contributed by atoms with Crippen molar-refractivity contribution in [2.75, 3.05) is 29.2 Å². The van der Waals surface area contributed by atoms with Crippen molar-refractivity contribution in [3.63, 3.8) is 0 Å². The van der Waals surface area contributed by atoms with Crippen LogP contribution in [0.15, 0.2) is 17.5 Å². The molecule has 1 aliphatic rings. The summed E-state index contributed by atoms with van der Waals surface area (Å²) in [6.07, 6.45) is 4.00. The molecule has 1 fully saturated rings. The lowest BCUT2D eigenvalue weighted by Crippen LogP contribution is -2.47. The van der Waals surface area contributed by atoms with Gasteiger partial charge in [-0.1, -0.05) is 5.16 Å². The van der Waals surface area contributed by atoms with Crippen molar-refractivity contribution >= 4 is 33.3 Å². The zero-order chi connectivity index (χ0) is 14.8. The Morgan fingerprint density at radius 2 is 2.30 bits per heavy atom. The van der Waals surface area contributed by atoms with Crippen LogP contribution in [0, 0.1) is 0 Å². The van der Waals surface area contributed by atoms with Crippen LogP contribution in [-0.4, -0.2) is 59.1 Å². The molecular formula is C10H15N5O3S2. The van der Waals surface area contributed by atoms with E-state index >= 15 is 0 Å². The predicted molar refractivity (Wildman–Crippen MR) is 77.8 cm³/mol. The van der Waals surface area contributed by atoms with E-state index in [9.17, 15) is 8.42 Å². The molecule has 2 rings (SSSR count). The molecule has 1 aromatic rings. The number of nitrogens with zero attached hydrogens (tertiary/aromatic N) is 4. The molecule has 1 atom stereocenters. The second-order valence-electron chi connectivity index (χ2n) is 4.30. The third kappa shape index (κ3) is 3.12. The SMILES string of the molecule is CS(=O)(=O)C1CSCCN1c1cnc(C(N)=NO)cn1. The third-order valence-corrected chi connectivity index (χ3v) is 5.52. The summed E-state index contributed by atoms with van der Waals surface area (Å²) < 4.78 is 23.6. The normalized spacial score (nSPS) is 20.9. The largest absolute Gasteiger partial charge is 0.409 e. The smallest absolute Gasteiger partial charge is 0.190 e. The topological polar surface area (TPSA) is 122 Å². The molecule has 2 heterocycles. The van der Waals surface area contributed by atoms with Gasteiger partial charge in [-0.15, -0.1) is 0 Å². The summed E-state index contributed by atoms with van der Waals surface area (Å²) in [5, 5.41) is 10.8. The average Bonchev–Trinajstić information content (AvgIpc) is 2.46. The molecule has 20 heavy (non-hydrogen) atoms. The minimum absolute atomic E-state index is 0.141. The Labute approximate surface area is 121 Å². The van der Waals surface area contributed by atoms with Gasteiger partial charge < -0.3 is 15.8 Å². The monoisotopic (exact) mass is 317 g/mol. The Morgan fingerprint density at radius 3 is 2.85 bits per heavy atom. The van der Waals surface area contributed by atoms with Crippen molar-refractivity contribution in [3.8, 4) is 0 Å². The summed E-state index contributed by atoms with van der Waals surface area (Å²) in [5.41, 5.74) is 5.64. The molecule has 8 nitrogen and oxygen atoms in total. The second kappa shape index (κ2) is 5.83. The van der Waals surface area contributed by atoms with Crippen molar-refractivity contribution in [2.24, 2.45) is 10.9 Å². The van der Waals surface area contributed by atoms with Gasteiger partial charge in [0.25, 0.3) is 0 Å². The Kier molecular flexibility index (Phi) is 4.33. The second-order valence-corrected chi connectivity index (χ2v) is 7.65. The van der Waals surface area contributed by atoms with Gasteiger partial charge in [-0.3, -0.25) is 0 Å². The highest BCUT2D eigenvalue weighted by Gasteiger charge is 2.32. The van der Waals surface area contributed by atoms with Gasteiger partial charge in [0.1, 0.15) is 16.9 Å². The third-order valence-electron chi connectivity index (χ3n) is 2.88. The van der Waals surface area contributed by atoms with Crippen molar-refractivity contribution in [3.05, 3.63) is 18.1 Å². The molecule has 1 unspecified atom stereocenters. The first-order valence-electron chi connectivity index (χ1n) is 5.76.